The molecule has 1 aromatic carbocycles. The van der Waals surface area contributed by atoms with Crippen LogP contribution in [0.3, 0.4) is 0 Å². The predicted molar refractivity (Wildman–Crippen MR) is 116 cm³/mol. The zero-order valence-electron chi connectivity index (χ0n) is 16.3. The van der Waals surface area contributed by atoms with Gasteiger partial charge in [0.15, 0.2) is 5.69 Å². The summed E-state index contributed by atoms with van der Waals surface area (Å²) in [6.45, 7) is 5.98. The number of nitrogens with zero attached hydrogens (tertiary/aromatic N) is 3. The molecule has 1 atom stereocenters. The molecule has 0 aliphatic carbocycles. The zero-order chi connectivity index (χ0) is 21.0. The molecule has 2 amide bonds. The zero-order valence-corrected chi connectivity index (χ0v) is 18.6. The second-order valence-electron chi connectivity index (χ2n) is 7.50. The fraction of sp³-hybridized carbons (Fsp3) is 0.300. The summed E-state index contributed by atoms with van der Waals surface area (Å²) in [5.41, 5.74) is 0.431. The van der Waals surface area contributed by atoms with Gasteiger partial charge in [0.25, 0.3) is 5.91 Å². The molecule has 2 aromatic heterocycles. The molecule has 1 unspecified atom stereocenters. The molecule has 0 aliphatic rings. The van der Waals surface area contributed by atoms with Gasteiger partial charge in [0.2, 0.25) is 5.91 Å². The minimum absolute atomic E-state index is 0.217. The van der Waals surface area contributed by atoms with Crippen molar-refractivity contribution in [3.05, 3.63) is 68.3 Å². The number of hydrogen-bond acceptors (Lipinski definition) is 6. The summed E-state index contributed by atoms with van der Waals surface area (Å²) in [4.78, 5) is 29.1. The van der Waals surface area contributed by atoms with E-state index in [9.17, 15) is 9.59 Å². The van der Waals surface area contributed by atoms with Gasteiger partial charge in [0, 0.05) is 20.8 Å². The maximum Gasteiger partial charge on any atom is 0.276 e. The van der Waals surface area contributed by atoms with Gasteiger partial charge in [-0.25, -0.2) is 0 Å². The van der Waals surface area contributed by atoms with Gasteiger partial charge in [-0.2, -0.15) is 0 Å². The third kappa shape index (κ3) is 5.62. The van der Waals surface area contributed by atoms with Crippen molar-refractivity contribution in [1.82, 2.24) is 19.8 Å². The molecule has 152 valence electrons. The molecule has 6 nitrogen and oxygen atoms in total. The Morgan fingerprint density at radius 2 is 1.93 bits per heavy atom. The molecule has 0 fully saturated rings. The summed E-state index contributed by atoms with van der Waals surface area (Å²) in [7, 11) is 0. The quantitative estimate of drug-likeness (QED) is 0.600. The van der Waals surface area contributed by atoms with Crippen molar-refractivity contribution < 1.29 is 9.59 Å². The predicted octanol–water partition coefficient (Wildman–Crippen LogP) is 4.55. The van der Waals surface area contributed by atoms with E-state index >= 15 is 0 Å². The van der Waals surface area contributed by atoms with E-state index in [-0.39, 0.29) is 24.1 Å². The molecule has 0 bridgehead atoms. The Kier molecular flexibility index (Phi) is 6.66. The van der Waals surface area contributed by atoms with Crippen LogP contribution in [0.4, 0.5) is 0 Å². The first-order chi connectivity index (χ1) is 13.7. The van der Waals surface area contributed by atoms with Crippen molar-refractivity contribution >= 4 is 46.3 Å². The summed E-state index contributed by atoms with van der Waals surface area (Å²) in [6.07, 6.45) is 0. The molecule has 0 saturated carbocycles. The van der Waals surface area contributed by atoms with Crippen LogP contribution in [0.5, 0.6) is 0 Å². The third-order valence-electron chi connectivity index (χ3n) is 3.99. The Labute approximate surface area is 182 Å². The van der Waals surface area contributed by atoms with Crippen LogP contribution in [0.1, 0.15) is 47.7 Å². The first-order valence-corrected chi connectivity index (χ1v) is 11.0. The third-order valence-corrected chi connectivity index (χ3v) is 5.61. The van der Waals surface area contributed by atoms with E-state index in [0.717, 1.165) is 16.4 Å². The SMILES string of the molecule is CC(C)(C)NC(=O)C(c1ccc(Cl)cc1)N(Cc1cccs1)C(=O)c1csnn1. The molecule has 3 rings (SSSR count). The van der Waals surface area contributed by atoms with E-state index in [4.69, 9.17) is 11.6 Å². The highest BCUT2D eigenvalue weighted by molar-refractivity contribution is 7.09. The summed E-state index contributed by atoms with van der Waals surface area (Å²) in [5, 5.41) is 11.0. The number of benzene rings is 1. The molecule has 3 aromatic rings. The highest BCUT2D eigenvalue weighted by atomic mass is 35.5. The molecule has 0 saturated heterocycles. The highest BCUT2D eigenvalue weighted by Crippen LogP contribution is 2.28. The smallest absolute Gasteiger partial charge is 0.276 e. The lowest BCUT2D eigenvalue weighted by molar-refractivity contribution is -0.127. The fourth-order valence-corrected chi connectivity index (χ4v) is 4.07. The van der Waals surface area contributed by atoms with Crippen LogP contribution < -0.4 is 5.32 Å². The second kappa shape index (κ2) is 9.02. The van der Waals surface area contributed by atoms with Crippen molar-refractivity contribution in [2.24, 2.45) is 0 Å². The highest BCUT2D eigenvalue weighted by Gasteiger charge is 2.34. The molecular formula is C20H21ClN4O2S2. The van der Waals surface area contributed by atoms with Crippen LogP contribution in [0.25, 0.3) is 0 Å². The van der Waals surface area contributed by atoms with Gasteiger partial charge < -0.3 is 10.2 Å². The number of halogens is 1. The van der Waals surface area contributed by atoms with Gasteiger partial charge in [-0.3, -0.25) is 9.59 Å². The molecule has 1 N–H and O–H groups in total. The Morgan fingerprint density at radius 1 is 1.21 bits per heavy atom. The van der Waals surface area contributed by atoms with Crippen molar-refractivity contribution in [1.29, 1.82) is 0 Å². The van der Waals surface area contributed by atoms with Crippen molar-refractivity contribution in [2.75, 3.05) is 0 Å². The van der Waals surface area contributed by atoms with Gasteiger partial charge in [0.05, 0.1) is 6.54 Å². The topological polar surface area (TPSA) is 75.2 Å². The van der Waals surface area contributed by atoms with E-state index in [0.29, 0.717) is 10.6 Å². The lowest BCUT2D eigenvalue weighted by atomic mass is 10.0. The molecule has 0 aliphatic heterocycles. The van der Waals surface area contributed by atoms with E-state index in [1.165, 1.54) is 16.2 Å². The second-order valence-corrected chi connectivity index (χ2v) is 9.57. The first-order valence-electron chi connectivity index (χ1n) is 8.92. The Hall–Kier alpha value is -2.29. The van der Waals surface area contributed by atoms with Gasteiger partial charge in [-0.05, 0) is 61.4 Å². The number of carbonyl (C=O) groups excluding carboxylic acids is 2. The van der Waals surface area contributed by atoms with Crippen LogP contribution in [-0.2, 0) is 11.3 Å². The van der Waals surface area contributed by atoms with Gasteiger partial charge in [-0.1, -0.05) is 34.3 Å². The largest absolute Gasteiger partial charge is 0.349 e. The van der Waals surface area contributed by atoms with Crippen LogP contribution in [0, 0.1) is 0 Å². The molecule has 0 radical (unpaired) electrons. The first kappa shape index (κ1) is 21.4. The van der Waals surface area contributed by atoms with E-state index in [1.807, 2.05) is 38.3 Å². The average molecular weight is 449 g/mol. The van der Waals surface area contributed by atoms with Crippen LogP contribution in [-0.4, -0.2) is 31.8 Å². The number of rotatable bonds is 6. The van der Waals surface area contributed by atoms with Crippen LogP contribution >= 0.6 is 34.5 Å². The van der Waals surface area contributed by atoms with Gasteiger partial charge >= 0.3 is 0 Å². The van der Waals surface area contributed by atoms with Crippen LogP contribution in [0.15, 0.2) is 47.2 Å². The molecule has 0 spiro atoms. The van der Waals surface area contributed by atoms with E-state index < -0.39 is 11.6 Å². The molecule has 9 heteroatoms. The van der Waals surface area contributed by atoms with Crippen molar-refractivity contribution in [3.8, 4) is 0 Å². The monoisotopic (exact) mass is 448 g/mol. The van der Waals surface area contributed by atoms with Gasteiger partial charge in [-0.15, -0.1) is 16.4 Å². The maximum absolute atomic E-state index is 13.3. The van der Waals surface area contributed by atoms with Crippen molar-refractivity contribution in [3.63, 3.8) is 0 Å². The number of thiophene rings is 1. The minimum atomic E-state index is -0.845. The van der Waals surface area contributed by atoms with Crippen LogP contribution in [0.2, 0.25) is 5.02 Å². The maximum atomic E-state index is 13.3. The normalized spacial score (nSPS) is 12.4. The Morgan fingerprint density at radius 3 is 2.48 bits per heavy atom. The lowest BCUT2D eigenvalue weighted by Crippen LogP contribution is -2.49. The fourth-order valence-electron chi connectivity index (χ4n) is 2.81. The number of hydrogen-bond donors (Lipinski definition) is 1. The van der Waals surface area contributed by atoms with Gasteiger partial charge in [0.1, 0.15) is 6.04 Å². The summed E-state index contributed by atoms with van der Waals surface area (Å²) >= 11 is 8.67. The molecule has 2 heterocycles. The number of nitrogens with one attached hydrogen (secondary N) is 1. The Bertz CT molecular complexity index is 952. The van der Waals surface area contributed by atoms with Crippen molar-refractivity contribution in [2.45, 2.75) is 38.9 Å². The summed E-state index contributed by atoms with van der Waals surface area (Å²) in [5.74, 6) is -0.621. The van der Waals surface area contributed by atoms with E-state index in [1.54, 1.807) is 29.6 Å². The standard InChI is InChI=1S/C20H21ClN4O2S2/c1-20(2,3)22-18(26)17(13-6-8-14(21)9-7-13)25(11-15-5-4-10-28-15)19(27)16-12-29-24-23-16/h4-10,12,17H,11H2,1-3H3,(H,22,26). The number of carbonyl (C=O) groups is 2. The Balaban J connectivity index is 2.06. The molecule has 29 heavy (non-hydrogen) atoms. The number of aromatic nitrogens is 2. The lowest BCUT2D eigenvalue weighted by Gasteiger charge is -2.33. The molecular weight excluding hydrogens is 428 g/mol. The van der Waals surface area contributed by atoms with E-state index in [2.05, 4.69) is 14.9 Å². The number of amides is 2. The summed E-state index contributed by atoms with van der Waals surface area (Å²) in [6, 6.07) is 9.97. The average Bonchev–Trinajstić information content (AvgIpc) is 3.34. The summed E-state index contributed by atoms with van der Waals surface area (Å²) < 4.78 is 3.80. The minimum Gasteiger partial charge on any atom is -0.349 e.